The van der Waals surface area contributed by atoms with Gasteiger partial charge in [-0.15, -0.1) is 0 Å². The van der Waals surface area contributed by atoms with Gasteiger partial charge in [-0.2, -0.15) is 0 Å². The molecule has 0 radical (unpaired) electrons. The van der Waals surface area contributed by atoms with Crippen LogP contribution < -0.4 is 5.73 Å². The van der Waals surface area contributed by atoms with E-state index in [1.807, 2.05) is 31.2 Å². The maximum Gasteiger partial charge on any atom is 0.221 e. The smallest absolute Gasteiger partial charge is 0.221 e. The topological polar surface area (TPSA) is 63.3 Å². The maximum atomic E-state index is 11.6. The van der Waals surface area contributed by atoms with E-state index < -0.39 is 0 Å². The average molecular weight is 370 g/mol. The summed E-state index contributed by atoms with van der Waals surface area (Å²) in [6.45, 7) is 4.07. The molecule has 0 bridgehead atoms. The van der Waals surface area contributed by atoms with Gasteiger partial charge in [-0.05, 0) is 66.5 Å². The fraction of sp³-hybridized carbons (Fsp3) is 0.542. The van der Waals surface area contributed by atoms with Crippen molar-refractivity contribution in [1.29, 1.82) is 0 Å². The van der Waals surface area contributed by atoms with Gasteiger partial charge in [-0.3, -0.25) is 4.79 Å². The van der Waals surface area contributed by atoms with Gasteiger partial charge in [0.05, 0.1) is 6.42 Å². The van der Waals surface area contributed by atoms with Crippen LogP contribution in [0.3, 0.4) is 0 Å². The van der Waals surface area contributed by atoms with Crippen LogP contribution in [-0.2, 0) is 17.6 Å². The monoisotopic (exact) mass is 369 g/mol. The number of aryl methyl sites for hydroxylation is 1. The third-order valence-corrected chi connectivity index (χ3v) is 5.67. The van der Waals surface area contributed by atoms with Crippen LogP contribution >= 0.6 is 0 Å². The Morgan fingerprint density at radius 1 is 1.26 bits per heavy atom. The Bertz CT molecular complexity index is 682. The van der Waals surface area contributed by atoms with Crippen LogP contribution in [0.1, 0.15) is 81.9 Å². The summed E-state index contributed by atoms with van der Waals surface area (Å²) in [4.78, 5) is 11.6. The molecular weight excluding hydrogens is 334 g/mol. The van der Waals surface area contributed by atoms with Crippen molar-refractivity contribution < 1.29 is 9.90 Å². The molecule has 0 heterocycles. The number of phenolic OH excluding ortho intramolecular Hbond substituents is 1. The second-order valence-electron chi connectivity index (χ2n) is 7.74. The summed E-state index contributed by atoms with van der Waals surface area (Å²) in [5.41, 5.74) is 9.80. The van der Waals surface area contributed by atoms with Crippen LogP contribution in [0.2, 0.25) is 0 Å². The molecule has 3 nitrogen and oxygen atoms in total. The minimum atomic E-state index is -0.347. The highest BCUT2D eigenvalue weighted by Gasteiger charge is 2.17. The summed E-state index contributed by atoms with van der Waals surface area (Å²) in [5.74, 6) is 0.780. The number of primary amides is 1. The van der Waals surface area contributed by atoms with Gasteiger partial charge in [-0.25, -0.2) is 0 Å². The molecule has 1 saturated carbocycles. The number of benzene rings is 1. The van der Waals surface area contributed by atoms with Gasteiger partial charge in [0, 0.05) is 0 Å². The first-order valence-electron chi connectivity index (χ1n) is 10.5. The Morgan fingerprint density at radius 2 is 2.00 bits per heavy atom. The number of hydrogen-bond acceptors (Lipinski definition) is 2. The first kappa shape index (κ1) is 21.3. The van der Waals surface area contributed by atoms with Gasteiger partial charge in [0.2, 0.25) is 5.91 Å². The number of carbonyl (C=O) groups excluding carboxylic acids is 1. The van der Waals surface area contributed by atoms with Gasteiger partial charge in [0.15, 0.2) is 0 Å². The highest BCUT2D eigenvalue weighted by molar-refractivity contribution is 5.89. The number of allylic oxidation sites excluding steroid dienone is 3. The lowest BCUT2D eigenvalue weighted by atomic mass is 9.83. The highest BCUT2D eigenvalue weighted by Crippen LogP contribution is 2.33. The summed E-state index contributed by atoms with van der Waals surface area (Å²) in [7, 11) is 0. The summed E-state index contributed by atoms with van der Waals surface area (Å²) in [6.07, 6.45) is 17.2. The lowest BCUT2D eigenvalue weighted by Gasteiger charge is -2.22. The number of aromatic hydroxyl groups is 1. The van der Waals surface area contributed by atoms with E-state index in [1.54, 1.807) is 6.07 Å². The normalized spacial score (nSPS) is 16.1. The van der Waals surface area contributed by atoms with E-state index in [1.165, 1.54) is 49.7 Å². The van der Waals surface area contributed by atoms with Gasteiger partial charge < -0.3 is 10.8 Å². The number of nitrogens with two attached hydrogens (primary N) is 1. The average Bonchev–Trinajstić information content (AvgIpc) is 2.66. The molecule has 0 saturated heterocycles. The van der Waals surface area contributed by atoms with Crippen LogP contribution in [0.4, 0.5) is 0 Å². The number of phenols is 1. The van der Waals surface area contributed by atoms with Crippen molar-refractivity contribution in [2.24, 2.45) is 11.7 Å². The van der Waals surface area contributed by atoms with Crippen molar-refractivity contribution in [3.8, 4) is 5.75 Å². The quantitative estimate of drug-likeness (QED) is 0.549. The SMILES string of the molecule is C/C=C/C=C(\CC(N)=O)c1cc(O)cc(CC)c1CCCC1CCCCC1. The zero-order valence-corrected chi connectivity index (χ0v) is 17.0. The molecule has 1 aromatic rings. The van der Waals surface area contributed by atoms with E-state index in [0.717, 1.165) is 36.3 Å². The van der Waals surface area contributed by atoms with Crippen molar-refractivity contribution >= 4 is 11.5 Å². The van der Waals surface area contributed by atoms with Gasteiger partial charge >= 0.3 is 0 Å². The maximum absolute atomic E-state index is 11.6. The Labute approximate surface area is 164 Å². The summed E-state index contributed by atoms with van der Waals surface area (Å²) in [6, 6.07) is 3.67. The zero-order valence-electron chi connectivity index (χ0n) is 17.0. The predicted molar refractivity (Wildman–Crippen MR) is 114 cm³/mol. The number of rotatable bonds is 9. The van der Waals surface area contributed by atoms with E-state index in [0.29, 0.717) is 0 Å². The van der Waals surface area contributed by atoms with Crippen molar-refractivity contribution in [2.45, 2.75) is 78.1 Å². The van der Waals surface area contributed by atoms with Gasteiger partial charge in [0.25, 0.3) is 0 Å². The van der Waals surface area contributed by atoms with Crippen LogP contribution in [0, 0.1) is 5.92 Å². The first-order chi connectivity index (χ1) is 13.0. The molecule has 3 heteroatoms. The van der Waals surface area contributed by atoms with E-state index in [9.17, 15) is 9.90 Å². The summed E-state index contributed by atoms with van der Waals surface area (Å²) < 4.78 is 0. The molecule has 1 amide bonds. The molecule has 2 rings (SSSR count). The third kappa shape index (κ3) is 6.57. The molecular formula is C24H35NO2. The molecule has 1 fully saturated rings. The van der Waals surface area contributed by atoms with E-state index in [2.05, 4.69) is 6.92 Å². The zero-order chi connectivity index (χ0) is 19.6. The fourth-order valence-corrected chi connectivity index (χ4v) is 4.30. The number of amides is 1. The lowest BCUT2D eigenvalue weighted by Crippen LogP contribution is -2.12. The standard InChI is InChI=1S/C24H35NO2/c1-3-5-13-20(16-24(25)27)23-17-21(26)15-19(4-2)22(23)14-9-12-18-10-7-6-8-11-18/h3,5,13,15,17-18,26H,4,6-12,14,16H2,1-2H3,(H2,25,27)/b5-3+,20-13+. The molecule has 0 unspecified atom stereocenters. The van der Waals surface area contributed by atoms with Crippen LogP contribution in [0.15, 0.2) is 30.4 Å². The molecule has 1 aliphatic rings. The highest BCUT2D eigenvalue weighted by atomic mass is 16.3. The van der Waals surface area contributed by atoms with Gasteiger partial charge in [0.1, 0.15) is 5.75 Å². The summed E-state index contributed by atoms with van der Waals surface area (Å²) in [5, 5.41) is 10.2. The molecule has 27 heavy (non-hydrogen) atoms. The van der Waals surface area contributed by atoms with Gasteiger partial charge in [-0.1, -0.05) is 63.7 Å². The molecule has 0 aromatic heterocycles. The molecule has 148 valence electrons. The Hall–Kier alpha value is -2.03. The van der Waals surface area contributed by atoms with E-state index in [4.69, 9.17) is 5.73 Å². The summed E-state index contributed by atoms with van der Waals surface area (Å²) >= 11 is 0. The first-order valence-corrected chi connectivity index (χ1v) is 10.5. The molecule has 0 atom stereocenters. The molecule has 1 aromatic carbocycles. The van der Waals surface area contributed by atoms with Crippen molar-refractivity contribution in [3.63, 3.8) is 0 Å². The van der Waals surface area contributed by atoms with E-state index >= 15 is 0 Å². The minimum absolute atomic E-state index is 0.187. The number of hydrogen-bond donors (Lipinski definition) is 2. The Morgan fingerprint density at radius 3 is 2.63 bits per heavy atom. The van der Waals surface area contributed by atoms with Crippen LogP contribution in [-0.4, -0.2) is 11.0 Å². The van der Waals surface area contributed by atoms with Crippen molar-refractivity contribution in [2.75, 3.05) is 0 Å². The molecule has 1 aliphatic carbocycles. The molecule has 3 N–H and O–H groups in total. The van der Waals surface area contributed by atoms with Crippen LogP contribution in [0.5, 0.6) is 5.75 Å². The third-order valence-electron chi connectivity index (χ3n) is 5.67. The number of carbonyl (C=O) groups is 1. The molecule has 0 aliphatic heterocycles. The van der Waals surface area contributed by atoms with Crippen LogP contribution in [0.25, 0.3) is 5.57 Å². The van der Waals surface area contributed by atoms with Crippen molar-refractivity contribution in [1.82, 2.24) is 0 Å². The van der Waals surface area contributed by atoms with E-state index in [-0.39, 0.29) is 18.1 Å². The van der Waals surface area contributed by atoms with Crippen molar-refractivity contribution in [3.05, 3.63) is 47.1 Å². The predicted octanol–water partition coefficient (Wildman–Crippen LogP) is 5.69. The largest absolute Gasteiger partial charge is 0.508 e. The Kier molecular flexibility index (Phi) is 8.63. The second-order valence-corrected chi connectivity index (χ2v) is 7.74. The Balaban J connectivity index is 2.28. The lowest BCUT2D eigenvalue weighted by molar-refractivity contribution is -0.117. The molecule has 0 spiro atoms. The minimum Gasteiger partial charge on any atom is -0.508 e. The second kappa shape index (κ2) is 11.0. The fourth-order valence-electron chi connectivity index (χ4n) is 4.30.